The van der Waals surface area contributed by atoms with Crippen LogP contribution in [-0.2, 0) is 32.6 Å². The molecule has 0 fully saturated rings. The van der Waals surface area contributed by atoms with Gasteiger partial charge in [-0.3, -0.25) is 13.9 Å². The normalized spacial score (nSPS) is 12.0. The standard InChI is InChI=1S/C34H36FN3O4S/c1-25(2)36-34(40)32(22-27-10-6-4-7-11-27)37(23-28-16-18-29(35)19-17-28)33(39)24-38(30-12-8-5-9-13-30)43(41,42)31-20-14-26(3)15-21-31/h4-21,25,32H,22-24H2,1-3H3,(H,36,40)/t32-/m0/s1. The molecule has 0 heterocycles. The van der Waals surface area contributed by atoms with Crippen LogP contribution < -0.4 is 9.62 Å². The highest BCUT2D eigenvalue weighted by atomic mass is 32.2. The van der Waals surface area contributed by atoms with Crippen molar-refractivity contribution in [3.8, 4) is 0 Å². The van der Waals surface area contributed by atoms with Gasteiger partial charge in [0.25, 0.3) is 10.0 Å². The first-order chi connectivity index (χ1) is 20.5. The molecule has 1 atom stereocenters. The third-order valence-corrected chi connectivity index (χ3v) is 8.69. The molecule has 0 aliphatic heterocycles. The van der Waals surface area contributed by atoms with Crippen molar-refractivity contribution in [1.82, 2.24) is 10.2 Å². The van der Waals surface area contributed by atoms with Gasteiger partial charge in [-0.1, -0.05) is 78.4 Å². The average Bonchev–Trinajstić information content (AvgIpc) is 2.99. The van der Waals surface area contributed by atoms with Crippen LogP contribution in [0.25, 0.3) is 0 Å². The number of nitrogens with one attached hydrogen (secondary N) is 1. The first kappa shape index (κ1) is 31.4. The van der Waals surface area contributed by atoms with E-state index in [4.69, 9.17) is 0 Å². The smallest absolute Gasteiger partial charge is 0.264 e. The van der Waals surface area contributed by atoms with E-state index in [1.165, 1.54) is 29.2 Å². The summed E-state index contributed by atoms with van der Waals surface area (Å²) in [6.45, 7) is 4.93. The quantitative estimate of drug-likeness (QED) is 0.233. The lowest BCUT2D eigenvalue weighted by molar-refractivity contribution is -0.140. The summed E-state index contributed by atoms with van der Waals surface area (Å²) in [5.74, 6) is -1.38. The van der Waals surface area contributed by atoms with Crippen molar-refractivity contribution in [3.05, 3.63) is 132 Å². The van der Waals surface area contributed by atoms with E-state index in [2.05, 4.69) is 5.32 Å². The van der Waals surface area contributed by atoms with E-state index in [-0.39, 0.29) is 29.8 Å². The number of carbonyl (C=O) groups excluding carboxylic acids is 2. The first-order valence-electron chi connectivity index (χ1n) is 14.1. The number of para-hydroxylation sites is 1. The maximum atomic E-state index is 14.3. The van der Waals surface area contributed by atoms with Crippen LogP contribution in [0.1, 0.15) is 30.5 Å². The third kappa shape index (κ3) is 8.29. The Morgan fingerprint density at radius 2 is 1.37 bits per heavy atom. The number of halogens is 1. The minimum atomic E-state index is -4.17. The number of hydrogen-bond acceptors (Lipinski definition) is 4. The number of carbonyl (C=O) groups is 2. The van der Waals surface area contributed by atoms with Crippen molar-refractivity contribution in [1.29, 1.82) is 0 Å². The summed E-state index contributed by atoms with van der Waals surface area (Å²) in [5.41, 5.74) is 2.63. The van der Waals surface area contributed by atoms with E-state index in [1.807, 2.05) is 51.1 Å². The number of amides is 2. The van der Waals surface area contributed by atoms with Crippen LogP contribution in [0.2, 0.25) is 0 Å². The van der Waals surface area contributed by atoms with Gasteiger partial charge in [-0.15, -0.1) is 0 Å². The lowest BCUT2D eigenvalue weighted by Crippen LogP contribution is -2.54. The molecule has 0 aromatic heterocycles. The minimum Gasteiger partial charge on any atom is -0.352 e. The van der Waals surface area contributed by atoms with Crippen LogP contribution >= 0.6 is 0 Å². The van der Waals surface area contributed by atoms with Crippen LogP contribution in [0.5, 0.6) is 0 Å². The van der Waals surface area contributed by atoms with Crippen molar-refractivity contribution >= 4 is 27.5 Å². The van der Waals surface area contributed by atoms with Gasteiger partial charge in [-0.05, 0) is 68.3 Å². The summed E-state index contributed by atoms with van der Waals surface area (Å²) >= 11 is 0. The van der Waals surface area contributed by atoms with Crippen molar-refractivity contribution in [3.63, 3.8) is 0 Å². The summed E-state index contributed by atoms with van der Waals surface area (Å²) < 4.78 is 42.8. The van der Waals surface area contributed by atoms with E-state index in [1.54, 1.807) is 54.6 Å². The fraction of sp³-hybridized carbons (Fsp3) is 0.235. The highest BCUT2D eigenvalue weighted by Crippen LogP contribution is 2.25. The van der Waals surface area contributed by atoms with Crippen molar-refractivity contribution < 1.29 is 22.4 Å². The molecule has 0 unspecified atom stereocenters. The molecule has 7 nitrogen and oxygen atoms in total. The van der Waals surface area contributed by atoms with Gasteiger partial charge in [-0.25, -0.2) is 12.8 Å². The van der Waals surface area contributed by atoms with Gasteiger partial charge in [0.15, 0.2) is 0 Å². The zero-order chi connectivity index (χ0) is 31.0. The highest BCUT2D eigenvalue weighted by molar-refractivity contribution is 7.92. The van der Waals surface area contributed by atoms with Gasteiger partial charge < -0.3 is 10.2 Å². The van der Waals surface area contributed by atoms with Gasteiger partial charge in [-0.2, -0.15) is 0 Å². The molecular formula is C34H36FN3O4S. The lowest BCUT2D eigenvalue weighted by atomic mass is 10.0. The highest BCUT2D eigenvalue weighted by Gasteiger charge is 2.34. The van der Waals surface area contributed by atoms with Crippen LogP contribution in [-0.4, -0.2) is 43.8 Å². The second-order valence-electron chi connectivity index (χ2n) is 10.7. The number of aryl methyl sites for hydroxylation is 1. The number of hydrogen-bond donors (Lipinski definition) is 1. The number of sulfonamides is 1. The van der Waals surface area contributed by atoms with E-state index in [0.717, 1.165) is 15.4 Å². The minimum absolute atomic E-state index is 0.0324. The van der Waals surface area contributed by atoms with Gasteiger partial charge in [0.05, 0.1) is 10.6 Å². The van der Waals surface area contributed by atoms with Crippen LogP contribution in [0.4, 0.5) is 10.1 Å². The molecule has 0 aliphatic rings. The molecule has 1 N–H and O–H groups in total. The van der Waals surface area contributed by atoms with Crippen LogP contribution in [0, 0.1) is 12.7 Å². The maximum absolute atomic E-state index is 14.3. The average molecular weight is 602 g/mol. The molecular weight excluding hydrogens is 565 g/mol. The Morgan fingerprint density at radius 1 is 0.791 bits per heavy atom. The predicted octanol–water partition coefficient (Wildman–Crippen LogP) is 5.49. The molecule has 0 bridgehead atoms. The number of benzene rings is 4. The van der Waals surface area contributed by atoms with Gasteiger partial charge >= 0.3 is 0 Å². The summed E-state index contributed by atoms with van der Waals surface area (Å²) in [4.78, 5) is 29.4. The molecule has 0 saturated carbocycles. The first-order valence-corrected chi connectivity index (χ1v) is 15.5. The zero-order valence-electron chi connectivity index (χ0n) is 24.5. The molecule has 0 saturated heterocycles. The molecule has 4 aromatic carbocycles. The van der Waals surface area contributed by atoms with Gasteiger partial charge in [0.2, 0.25) is 11.8 Å². The maximum Gasteiger partial charge on any atom is 0.264 e. The van der Waals surface area contributed by atoms with Gasteiger partial charge in [0, 0.05) is 19.0 Å². The fourth-order valence-corrected chi connectivity index (χ4v) is 6.10. The molecule has 224 valence electrons. The zero-order valence-corrected chi connectivity index (χ0v) is 25.3. The Kier molecular flexibility index (Phi) is 10.3. The molecule has 0 radical (unpaired) electrons. The summed E-state index contributed by atoms with van der Waals surface area (Å²) in [6.07, 6.45) is 0.197. The largest absolute Gasteiger partial charge is 0.352 e. The summed E-state index contributed by atoms with van der Waals surface area (Å²) in [6, 6.07) is 28.6. The van der Waals surface area contributed by atoms with Crippen molar-refractivity contribution in [2.24, 2.45) is 0 Å². The Bertz CT molecular complexity index is 1610. The van der Waals surface area contributed by atoms with Gasteiger partial charge in [0.1, 0.15) is 18.4 Å². The molecule has 4 rings (SSSR count). The van der Waals surface area contributed by atoms with Crippen LogP contribution in [0.15, 0.2) is 114 Å². The monoisotopic (exact) mass is 601 g/mol. The molecule has 0 spiro atoms. The topological polar surface area (TPSA) is 86.8 Å². The van der Waals surface area contributed by atoms with E-state index in [0.29, 0.717) is 11.3 Å². The van der Waals surface area contributed by atoms with E-state index in [9.17, 15) is 22.4 Å². The van der Waals surface area contributed by atoms with Crippen molar-refractivity contribution in [2.45, 2.75) is 50.7 Å². The van der Waals surface area contributed by atoms with E-state index >= 15 is 0 Å². The lowest BCUT2D eigenvalue weighted by Gasteiger charge is -2.34. The SMILES string of the molecule is Cc1ccc(S(=O)(=O)N(CC(=O)N(Cc2ccc(F)cc2)[C@@H](Cc2ccccc2)C(=O)NC(C)C)c2ccccc2)cc1. The fourth-order valence-electron chi connectivity index (χ4n) is 4.68. The third-order valence-electron chi connectivity index (χ3n) is 6.90. The predicted molar refractivity (Wildman–Crippen MR) is 166 cm³/mol. The Hall–Kier alpha value is -4.50. The number of anilines is 1. The Labute approximate surface area is 253 Å². The number of rotatable bonds is 12. The second-order valence-corrected chi connectivity index (χ2v) is 12.5. The Balaban J connectivity index is 1.78. The molecule has 9 heteroatoms. The van der Waals surface area contributed by atoms with Crippen molar-refractivity contribution in [2.75, 3.05) is 10.8 Å². The van der Waals surface area contributed by atoms with Crippen LogP contribution in [0.3, 0.4) is 0 Å². The number of nitrogens with zero attached hydrogens (tertiary/aromatic N) is 2. The summed E-state index contributed by atoms with van der Waals surface area (Å²) in [7, 11) is -4.17. The molecule has 4 aromatic rings. The van der Waals surface area contributed by atoms with E-state index < -0.39 is 34.3 Å². The molecule has 2 amide bonds. The second kappa shape index (κ2) is 14.1. The molecule has 0 aliphatic carbocycles. The molecule has 43 heavy (non-hydrogen) atoms. The Morgan fingerprint density at radius 3 is 1.95 bits per heavy atom. The summed E-state index contributed by atoms with van der Waals surface area (Å²) in [5, 5.41) is 2.92.